The molecule has 0 aliphatic carbocycles. The summed E-state index contributed by atoms with van der Waals surface area (Å²) < 4.78 is 65.4. The summed E-state index contributed by atoms with van der Waals surface area (Å²) in [5, 5.41) is 2.37. The molecule has 7 nitrogen and oxygen atoms in total. The number of halogens is 4. The molecule has 1 aromatic heterocycles. The van der Waals surface area contributed by atoms with Crippen LogP contribution in [0.2, 0.25) is 0 Å². The molecule has 2 atom stereocenters. The van der Waals surface area contributed by atoms with E-state index >= 15 is 0 Å². The molecule has 180 valence electrons. The van der Waals surface area contributed by atoms with Crippen molar-refractivity contribution in [3.8, 4) is 0 Å². The molecule has 0 saturated carbocycles. The fourth-order valence-corrected chi connectivity index (χ4v) is 4.51. The number of anilines is 2. The van der Waals surface area contributed by atoms with E-state index in [4.69, 9.17) is 0 Å². The highest BCUT2D eigenvalue weighted by Gasteiger charge is 2.27. The molecule has 4 aromatic rings. The first-order valence-corrected chi connectivity index (χ1v) is 11.9. The molecule has 1 heterocycles. The minimum Gasteiger partial charge on any atom is -0.342 e. The molecule has 3 aromatic carbocycles. The third-order valence-electron chi connectivity index (χ3n) is 5.07. The average Bonchev–Trinajstić information content (AvgIpc) is 2.83. The van der Waals surface area contributed by atoms with Gasteiger partial charge >= 0.3 is 0 Å². The fraction of sp³-hybridized carbons (Fsp3) is 0.0870. The maximum absolute atomic E-state index is 14.2. The lowest BCUT2D eigenvalue weighted by atomic mass is 10.1. The van der Waals surface area contributed by atoms with Crippen LogP contribution in [-0.4, -0.2) is 31.3 Å². The van der Waals surface area contributed by atoms with E-state index in [-0.39, 0.29) is 22.5 Å². The Hall–Kier alpha value is -3.35. The van der Waals surface area contributed by atoms with Crippen LogP contribution in [0.1, 0.15) is 22.0 Å². The molecule has 0 saturated heterocycles. The lowest BCUT2D eigenvalue weighted by molar-refractivity contribution is 0.0929. The summed E-state index contributed by atoms with van der Waals surface area (Å²) in [5.74, 6) is -2.71. The number of carbonyl (C=O) groups is 1. The molecule has 0 spiro atoms. The average molecular weight is 565 g/mol. The molecule has 0 fully saturated rings. The summed E-state index contributed by atoms with van der Waals surface area (Å²) in [6, 6.07) is 10.3. The Labute approximate surface area is 208 Å². The fourth-order valence-electron chi connectivity index (χ4n) is 3.52. The third kappa shape index (κ3) is 5.19. The zero-order valence-electron chi connectivity index (χ0n) is 17.7. The highest BCUT2D eigenvalue weighted by molar-refractivity contribution is 9.10. The van der Waals surface area contributed by atoms with Crippen molar-refractivity contribution >= 4 is 55.5 Å². The Balaban J connectivity index is 1.79. The molecule has 0 aliphatic heterocycles. The topological polar surface area (TPSA) is 95.4 Å². The maximum Gasteiger partial charge on any atom is 0.266 e. The molecule has 12 heteroatoms. The molecule has 2 unspecified atom stereocenters. The van der Waals surface area contributed by atoms with E-state index in [0.717, 1.165) is 16.4 Å². The molecule has 4 rings (SSSR count). The van der Waals surface area contributed by atoms with Crippen molar-refractivity contribution < 1.29 is 26.7 Å². The van der Waals surface area contributed by atoms with E-state index in [2.05, 4.69) is 31.2 Å². The summed E-state index contributed by atoms with van der Waals surface area (Å²) in [6.45, 7) is -1.17. The first-order chi connectivity index (χ1) is 16.8. The summed E-state index contributed by atoms with van der Waals surface area (Å²) in [6.07, 6.45) is 2.89. The number of alkyl halides is 1. The van der Waals surface area contributed by atoms with Gasteiger partial charge in [-0.05, 0) is 36.4 Å². The molecule has 1 amide bonds. The van der Waals surface area contributed by atoms with Crippen molar-refractivity contribution in [3.05, 3.63) is 94.2 Å². The van der Waals surface area contributed by atoms with Crippen LogP contribution in [0.5, 0.6) is 0 Å². The van der Waals surface area contributed by atoms with Crippen molar-refractivity contribution in [2.45, 2.75) is 6.04 Å². The molecular formula is C23H16BrF3N4O3S. The first kappa shape index (κ1) is 24.8. The van der Waals surface area contributed by atoms with Gasteiger partial charge in [-0.15, -0.1) is 0 Å². The van der Waals surface area contributed by atoms with Gasteiger partial charge in [-0.2, -0.15) is 0 Å². The molecule has 35 heavy (non-hydrogen) atoms. The summed E-state index contributed by atoms with van der Waals surface area (Å²) in [5.41, 5.74) is 0.595. The second-order valence-electron chi connectivity index (χ2n) is 7.23. The van der Waals surface area contributed by atoms with Crippen LogP contribution < -0.4 is 9.62 Å². The largest absolute Gasteiger partial charge is 0.342 e. The number of para-hydroxylation sites is 1. The van der Waals surface area contributed by atoms with Crippen LogP contribution in [0.3, 0.4) is 0 Å². The van der Waals surface area contributed by atoms with Crippen LogP contribution in [0.25, 0.3) is 11.0 Å². The zero-order valence-corrected chi connectivity index (χ0v) is 20.1. The summed E-state index contributed by atoms with van der Waals surface area (Å²) in [4.78, 5) is 21.6. The minimum atomic E-state index is -2.66. The third-order valence-corrected chi connectivity index (χ3v) is 6.27. The van der Waals surface area contributed by atoms with Crippen molar-refractivity contribution in [2.75, 3.05) is 11.0 Å². The van der Waals surface area contributed by atoms with Crippen molar-refractivity contribution in [1.82, 2.24) is 15.3 Å². The van der Waals surface area contributed by atoms with Gasteiger partial charge in [-0.1, -0.05) is 28.1 Å². The second-order valence-corrected chi connectivity index (χ2v) is 8.98. The van der Waals surface area contributed by atoms with Gasteiger partial charge in [0.1, 0.15) is 23.8 Å². The van der Waals surface area contributed by atoms with Crippen LogP contribution in [0, 0.1) is 11.6 Å². The Morgan fingerprint density at radius 1 is 1.09 bits per heavy atom. The quantitative estimate of drug-likeness (QED) is 0.293. The van der Waals surface area contributed by atoms with E-state index in [1.54, 1.807) is 12.1 Å². The van der Waals surface area contributed by atoms with E-state index in [0.29, 0.717) is 21.6 Å². The molecule has 0 aliphatic rings. The van der Waals surface area contributed by atoms with Crippen molar-refractivity contribution in [3.63, 3.8) is 0 Å². The van der Waals surface area contributed by atoms with Gasteiger partial charge in [0.15, 0.2) is 0 Å². The van der Waals surface area contributed by atoms with Gasteiger partial charge in [-0.25, -0.2) is 21.7 Å². The standard InChI is InChI=1S/C23H16BrF3N4O3S/c24-13-4-6-16(23(32)30-19(12-25)15-7-5-14(26)11-17(15)27)21(10-13)31(35(33)34)20-3-1-2-18-22(20)29-9-8-28-18/h1-11,19H,12H2,(H,30,32)(H,33,34). The van der Waals surface area contributed by atoms with E-state index < -0.39 is 41.5 Å². The number of benzene rings is 3. The van der Waals surface area contributed by atoms with Crippen LogP contribution in [-0.2, 0) is 11.3 Å². The normalized spacial score (nSPS) is 12.8. The predicted octanol–water partition coefficient (Wildman–Crippen LogP) is 5.39. The van der Waals surface area contributed by atoms with Gasteiger partial charge in [0.05, 0.1) is 28.5 Å². The van der Waals surface area contributed by atoms with E-state index in [1.165, 1.54) is 36.7 Å². The van der Waals surface area contributed by atoms with Gasteiger partial charge in [0.2, 0.25) is 0 Å². The lowest BCUT2D eigenvalue weighted by Crippen LogP contribution is -2.32. The SMILES string of the molecule is O=C(NC(CF)c1ccc(F)cc1F)c1ccc(Br)cc1N(c1cccc2nccnc12)S(=O)O. The van der Waals surface area contributed by atoms with Crippen LogP contribution in [0.4, 0.5) is 24.5 Å². The Kier molecular flexibility index (Phi) is 7.43. The molecular weight excluding hydrogens is 549 g/mol. The van der Waals surface area contributed by atoms with Gasteiger partial charge in [-0.3, -0.25) is 19.3 Å². The minimum absolute atomic E-state index is 0.00644. The zero-order chi connectivity index (χ0) is 25.1. The van der Waals surface area contributed by atoms with Crippen LogP contribution in [0.15, 0.2) is 71.5 Å². The number of fused-ring (bicyclic) bond motifs is 1. The monoisotopic (exact) mass is 564 g/mol. The molecule has 0 radical (unpaired) electrons. The van der Waals surface area contributed by atoms with Crippen molar-refractivity contribution in [2.24, 2.45) is 0 Å². The van der Waals surface area contributed by atoms with Gasteiger partial charge in [0.25, 0.3) is 17.2 Å². The van der Waals surface area contributed by atoms with Crippen LogP contribution >= 0.6 is 15.9 Å². The number of hydrogen-bond acceptors (Lipinski definition) is 4. The molecule has 0 bridgehead atoms. The highest BCUT2D eigenvalue weighted by Crippen LogP contribution is 2.36. The Morgan fingerprint density at radius 2 is 1.86 bits per heavy atom. The predicted molar refractivity (Wildman–Crippen MR) is 129 cm³/mol. The summed E-state index contributed by atoms with van der Waals surface area (Å²) in [7, 11) is 0. The Morgan fingerprint density at radius 3 is 2.57 bits per heavy atom. The lowest BCUT2D eigenvalue weighted by Gasteiger charge is -2.24. The molecule has 2 N–H and O–H groups in total. The number of amides is 1. The smallest absolute Gasteiger partial charge is 0.266 e. The second kappa shape index (κ2) is 10.5. The van der Waals surface area contributed by atoms with Gasteiger partial charge in [0, 0.05) is 28.5 Å². The summed E-state index contributed by atoms with van der Waals surface area (Å²) >= 11 is 0.626. The number of nitrogens with one attached hydrogen (secondary N) is 1. The highest BCUT2D eigenvalue weighted by atomic mass is 79.9. The maximum atomic E-state index is 14.2. The Bertz CT molecular complexity index is 1440. The number of rotatable bonds is 7. The number of nitrogens with zero attached hydrogens (tertiary/aromatic N) is 3. The van der Waals surface area contributed by atoms with Gasteiger partial charge < -0.3 is 5.32 Å². The first-order valence-electron chi connectivity index (χ1n) is 10.0. The number of hydrogen-bond donors (Lipinski definition) is 2. The van der Waals surface area contributed by atoms with E-state index in [9.17, 15) is 26.7 Å². The van der Waals surface area contributed by atoms with Crippen molar-refractivity contribution in [1.29, 1.82) is 0 Å². The number of carbonyl (C=O) groups excluding carboxylic acids is 1. The van der Waals surface area contributed by atoms with E-state index in [1.807, 2.05) is 0 Å². The number of aromatic nitrogens is 2.